The van der Waals surface area contributed by atoms with Crippen LogP contribution in [0.1, 0.15) is 51.6 Å². The maximum Gasteiger partial charge on any atom is 0.342 e. The SMILES string of the molecule is Cc1oc(C)c(C(=O)OCC(=O)Nc2ccccc2C(=O)NCC(C)C)c1C. The normalized spacial score (nSPS) is 10.6. The van der Waals surface area contributed by atoms with Gasteiger partial charge in [0.25, 0.3) is 11.8 Å². The van der Waals surface area contributed by atoms with Gasteiger partial charge in [-0.15, -0.1) is 0 Å². The highest BCUT2D eigenvalue weighted by molar-refractivity contribution is 6.04. The van der Waals surface area contributed by atoms with E-state index in [0.29, 0.717) is 46.4 Å². The van der Waals surface area contributed by atoms with Gasteiger partial charge >= 0.3 is 5.97 Å². The number of rotatable bonds is 7. The van der Waals surface area contributed by atoms with Gasteiger partial charge in [0.05, 0.1) is 11.3 Å². The van der Waals surface area contributed by atoms with Crippen molar-refractivity contribution < 1.29 is 23.5 Å². The summed E-state index contributed by atoms with van der Waals surface area (Å²) in [7, 11) is 0. The molecule has 7 heteroatoms. The Morgan fingerprint density at radius 1 is 1.07 bits per heavy atom. The van der Waals surface area contributed by atoms with E-state index in [2.05, 4.69) is 10.6 Å². The van der Waals surface area contributed by atoms with E-state index < -0.39 is 18.5 Å². The second-order valence-corrected chi connectivity index (χ2v) is 6.99. The molecular formula is C21H26N2O5. The number of aryl methyl sites for hydroxylation is 2. The summed E-state index contributed by atoms with van der Waals surface area (Å²) in [5, 5.41) is 5.43. The maximum atomic E-state index is 12.3. The monoisotopic (exact) mass is 386 g/mol. The second kappa shape index (κ2) is 9.21. The van der Waals surface area contributed by atoms with Crippen LogP contribution in [0, 0.1) is 26.7 Å². The van der Waals surface area contributed by atoms with Crippen molar-refractivity contribution >= 4 is 23.5 Å². The molecule has 28 heavy (non-hydrogen) atoms. The number of ether oxygens (including phenoxy) is 1. The van der Waals surface area contributed by atoms with E-state index in [1.807, 2.05) is 13.8 Å². The lowest BCUT2D eigenvalue weighted by atomic mass is 10.1. The Hall–Kier alpha value is -3.09. The quantitative estimate of drug-likeness (QED) is 0.711. The number of amides is 2. The first-order valence-electron chi connectivity index (χ1n) is 9.11. The molecule has 2 rings (SSSR count). The number of hydrogen-bond donors (Lipinski definition) is 2. The van der Waals surface area contributed by atoms with Crippen molar-refractivity contribution in [3.05, 3.63) is 52.5 Å². The number of nitrogens with one attached hydrogen (secondary N) is 2. The molecule has 0 spiro atoms. The van der Waals surface area contributed by atoms with E-state index in [1.54, 1.807) is 45.0 Å². The molecule has 150 valence electrons. The Bertz CT molecular complexity index is 883. The lowest BCUT2D eigenvalue weighted by Crippen LogP contribution is -2.29. The lowest BCUT2D eigenvalue weighted by Gasteiger charge is -2.12. The summed E-state index contributed by atoms with van der Waals surface area (Å²) in [6.45, 7) is 9.23. The van der Waals surface area contributed by atoms with Gasteiger partial charge in [0, 0.05) is 12.1 Å². The van der Waals surface area contributed by atoms with Crippen LogP contribution in [0.5, 0.6) is 0 Å². The number of benzene rings is 1. The average Bonchev–Trinajstić information content (AvgIpc) is 2.90. The summed E-state index contributed by atoms with van der Waals surface area (Å²) < 4.78 is 10.5. The molecule has 0 unspecified atom stereocenters. The minimum Gasteiger partial charge on any atom is -0.465 e. The van der Waals surface area contributed by atoms with Gasteiger partial charge in [-0.25, -0.2) is 4.79 Å². The third-order valence-electron chi connectivity index (χ3n) is 4.22. The number of anilines is 1. The molecule has 0 bridgehead atoms. The van der Waals surface area contributed by atoms with Crippen LogP contribution in [0.25, 0.3) is 0 Å². The van der Waals surface area contributed by atoms with Gasteiger partial charge in [-0.1, -0.05) is 26.0 Å². The molecule has 0 saturated carbocycles. The third kappa shape index (κ3) is 5.22. The Morgan fingerprint density at radius 2 is 1.75 bits per heavy atom. The highest BCUT2D eigenvalue weighted by Crippen LogP contribution is 2.21. The van der Waals surface area contributed by atoms with Crippen molar-refractivity contribution in [1.82, 2.24) is 5.32 Å². The average molecular weight is 386 g/mol. The van der Waals surface area contributed by atoms with Crippen molar-refractivity contribution in [2.24, 2.45) is 5.92 Å². The van der Waals surface area contributed by atoms with E-state index in [4.69, 9.17) is 9.15 Å². The molecule has 1 aromatic carbocycles. The molecule has 0 aliphatic heterocycles. The van der Waals surface area contributed by atoms with Crippen molar-refractivity contribution in [1.29, 1.82) is 0 Å². The Kier molecular flexibility index (Phi) is 6.98. The molecule has 7 nitrogen and oxygen atoms in total. The van der Waals surface area contributed by atoms with Crippen molar-refractivity contribution in [3.8, 4) is 0 Å². The Morgan fingerprint density at radius 3 is 2.36 bits per heavy atom. The van der Waals surface area contributed by atoms with E-state index in [9.17, 15) is 14.4 Å². The van der Waals surface area contributed by atoms with Gasteiger partial charge in [-0.05, 0) is 38.8 Å². The summed E-state index contributed by atoms with van der Waals surface area (Å²) in [6.07, 6.45) is 0. The highest BCUT2D eigenvalue weighted by Gasteiger charge is 2.21. The van der Waals surface area contributed by atoms with Crippen LogP contribution in [0.4, 0.5) is 5.69 Å². The summed E-state index contributed by atoms with van der Waals surface area (Å²) in [4.78, 5) is 36.8. The first-order chi connectivity index (χ1) is 13.2. The molecule has 1 aromatic heterocycles. The fourth-order valence-corrected chi connectivity index (χ4v) is 2.67. The highest BCUT2D eigenvalue weighted by atomic mass is 16.5. The van der Waals surface area contributed by atoms with Crippen LogP contribution in [-0.4, -0.2) is 30.9 Å². The molecule has 2 amide bonds. The molecular weight excluding hydrogens is 360 g/mol. The number of carbonyl (C=O) groups excluding carboxylic acids is 3. The van der Waals surface area contributed by atoms with Crippen LogP contribution in [-0.2, 0) is 9.53 Å². The number of carbonyl (C=O) groups is 3. The van der Waals surface area contributed by atoms with Crippen LogP contribution >= 0.6 is 0 Å². The van der Waals surface area contributed by atoms with Crippen LogP contribution in [0.15, 0.2) is 28.7 Å². The van der Waals surface area contributed by atoms with Crippen molar-refractivity contribution in [2.45, 2.75) is 34.6 Å². The molecule has 2 N–H and O–H groups in total. The van der Waals surface area contributed by atoms with Gasteiger partial charge in [0.1, 0.15) is 17.1 Å². The summed E-state index contributed by atoms with van der Waals surface area (Å²) in [5.74, 6) is -0.0361. The standard InChI is InChI=1S/C21H26N2O5/c1-12(2)10-22-20(25)16-8-6-7-9-17(16)23-18(24)11-27-21(26)19-13(3)14(4)28-15(19)5/h6-9,12H,10-11H2,1-5H3,(H,22,25)(H,23,24). The number of hydrogen-bond acceptors (Lipinski definition) is 5. The number of esters is 1. The zero-order valence-electron chi connectivity index (χ0n) is 16.8. The summed E-state index contributed by atoms with van der Waals surface area (Å²) >= 11 is 0. The maximum absolute atomic E-state index is 12.3. The first kappa shape index (κ1) is 21.2. The van der Waals surface area contributed by atoms with Crippen LogP contribution in [0.3, 0.4) is 0 Å². The smallest absolute Gasteiger partial charge is 0.342 e. The molecule has 0 aliphatic carbocycles. The number of para-hydroxylation sites is 1. The van der Waals surface area contributed by atoms with Gasteiger partial charge in [-0.2, -0.15) is 0 Å². The molecule has 1 heterocycles. The molecule has 0 aliphatic rings. The number of furan rings is 1. The zero-order valence-corrected chi connectivity index (χ0v) is 16.8. The first-order valence-corrected chi connectivity index (χ1v) is 9.11. The predicted molar refractivity (Wildman–Crippen MR) is 105 cm³/mol. The molecule has 0 radical (unpaired) electrons. The minimum absolute atomic E-state index is 0.276. The Labute approximate surface area is 164 Å². The van der Waals surface area contributed by atoms with Crippen LogP contribution in [0.2, 0.25) is 0 Å². The largest absolute Gasteiger partial charge is 0.465 e. The van der Waals surface area contributed by atoms with Crippen molar-refractivity contribution in [2.75, 3.05) is 18.5 Å². The van der Waals surface area contributed by atoms with E-state index in [0.717, 1.165) is 0 Å². The fourth-order valence-electron chi connectivity index (χ4n) is 2.67. The summed E-state index contributed by atoms with van der Waals surface area (Å²) in [6, 6.07) is 6.67. The fraction of sp³-hybridized carbons (Fsp3) is 0.381. The Balaban J connectivity index is 2.00. The zero-order chi connectivity index (χ0) is 20.8. The molecule has 2 aromatic rings. The van der Waals surface area contributed by atoms with Gasteiger partial charge < -0.3 is 19.8 Å². The summed E-state index contributed by atoms with van der Waals surface area (Å²) in [5.41, 5.74) is 1.73. The van der Waals surface area contributed by atoms with Crippen molar-refractivity contribution in [3.63, 3.8) is 0 Å². The van der Waals surface area contributed by atoms with E-state index >= 15 is 0 Å². The van der Waals surface area contributed by atoms with E-state index in [1.165, 1.54) is 0 Å². The third-order valence-corrected chi connectivity index (χ3v) is 4.22. The van der Waals surface area contributed by atoms with Gasteiger partial charge in [-0.3, -0.25) is 9.59 Å². The van der Waals surface area contributed by atoms with E-state index in [-0.39, 0.29) is 5.91 Å². The minimum atomic E-state index is -0.620. The second-order valence-electron chi connectivity index (χ2n) is 6.99. The predicted octanol–water partition coefficient (Wildman–Crippen LogP) is 3.39. The molecule has 0 fully saturated rings. The van der Waals surface area contributed by atoms with Crippen LogP contribution < -0.4 is 10.6 Å². The van der Waals surface area contributed by atoms with Gasteiger partial charge in [0.2, 0.25) is 0 Å². The molecule has 0 saturated heterocycles. The molecule has 0 atom stereocenters. The van der Waals surface area contributed by atoms with Gasteiger partial charge in [0.15, 0.2) is 6.61 Å². The lowest BCUT2D eigenvalue weighted by molar-refractivity contribution is -0.119. The topological polar surface area (TPSA) is 97.6 Å².